The third-order valence-corrected chi connectivity index (χ3v) is 5.33. The van der Waals surface area contributed by atoms with Crippen LogP contribution in [0.4, 0.5) is 0 Å². The van der Waals surface area contributed by atoms with E-state index in [0.29, 0.717) is 23.0 Å². The lowest BCUT2D eigenvalue weighted by atomic mass is 9.91. The Bertz CT molecular complexity index is 779. The summed E-state index contributed by atoms with van der Waals surface area (Å²) in [5, 5.41) is 10.7. The van der Waals surface area contributed by atoms with E-state index in [1.54, 1.807) is 13.2 Å². The summed E-state index contributed by atoms with van der Waals surface area (Å²) in [5.41, 5.74) is 1.95. The molecule has 1 fully saturated rings. The van der Waals surface area contributed by atoms with Gasteiger partial charge in [-0.1, -0.05) is 35.3 Å². The van der Waals surface area contributed by atoms with Crippen LogP contribution in [0.3, 0.4) is 0 Å². The molecule has 2 unspecified atom stereocenters. The molecule has 0 saturated carbocycles. The molecule has 1 heterocycles. The summed E-state index contributed by atoms with van der Waals surface area (Å²) in [7, 11) is 1.63. The minimum Gasteiger partial charge on any atom is -0.496 e. The van der Waals surface area contributed by atoms with Gasteiger partial charge in [0.1, 0.15) is 5.75 Å². The van der Waals surface area contributed by atoms with Gasteiger partial charge in [-0.05, 0) is 55.3 Å². The Labute approximate surface area is 163 Å². The van der Waals surface area contributed by atoms with Gasteiger partial charge in [-0.25, -0.2) is 0 Å². The second-order valence-electron chi connectivity index (χ2n) is 6.51. The molecule has 3 rings (SSSR count). The SMILES string of the molecule is COc1ccc(Cl)cc1C(c1ccc(Cl)cc1)N1CCCC(C(=O)O)C1. The van der Waals surface area contributed by atoms with Crippen molar-refractivity contribution in [2.75, 3.05) is 20.2 Å². The van der Waals surface area contributed by atoms with Crippen molar-refractivity contribution in [3.63, 3.8) is 0 Å². The zero-order chi connectivity index (χ0) is 18.7. The van der Waals surface area contributed by atoms with Crippen LogP contribution in [0, 0.1) is 5.92 Å². The normalized spacial score (nSPS) is 19.1. The number of carboxylic acids is 1. The van der Waals surface area contributed by atoms with Crippen molar-refractivity contribution >= 4 is 29.2 Å². The molecule has 2 aromatic rings. The van der Waals surface area contributed by atoms with Crippen LogP contribution in [0.25, 0.3) is 0 Å². The first-order valence-corrected chi connectivity index (χ1v) is 9.31. The average Bonchev–Trinajstić information content (AvgIpc) is 2.64. The van der Waals surface area contributed by atoms with Crippen molar-refractivity contribution in [3.8, 4) is 5.75 Å². The van der Waals surface area contributed by atoms with Gasteiger partial charge in [0, 0.05) is 22.2 Å². The second kappa shape index (κ2) is 8.30. The minimum absolute atomic E-state index is 0.150. The van der Waals surface area contributed by atoms with E-state index < -0.39 is 5.97 Å². The number of carbonyl (C=O) groups is 1. The number of piperidine rings is 1. The van der Waals surface area contributed by atoms with Crippen LogP contribution >= 0.6 is 23.2 Å². The van der Waals surface area contributed by atoms with Gasteiger partial charge in [-0.3, -0.25) is 9.69 Å². The molecule has 6 heteroatoms. The lowest BCUT2D eigenvalue weighted by molar-refractivity contribution is -0.143. The third-order valence-electron chi connectivity index (χ3n) is 4.84. The summed E-state index contributed by atoms with van der Waals surface area (Å²) in [4.78, 5) is 13.7. The number of methoxy groups -OCH3 is 1. The van der Waals surface area contributed by atoms with Crippen molar-refractivity contribution in [2.45, 2.75) is 18.9 Å². The largest absolute Gasteiger partial charge is 0.496 e. The quantitative estimate of drug-likeness (QED) is 0.785. The lowest BCUT2D eigenvalue weighted by Crippen LogP contribution is -2.41. The topological polar surface area (TPSA) is 49.8 Å². The molecule has 0 radical (unpaired) electrons. The Morgan fingerprint density at radius 2 is 1.88 bits per heavy atom. The van der Waals surface area contributed by atoms with E-state index in [-0.39, 0.29) is 12.0 Å². The predicted molar refractivity (Wildman–Crippen MR) is 103 cm³/mol. The monoisotopic (exact) mass is 393 g/mol. The number of likely N-dealkylation sites (tertiary alicyclic amines) is 1. The van der Waals surface area contributed by atoms with Gasteiger partial charge in [0.05, 0.1) is 19.1 Å². The Hall–Kier alpha value is -1.75. The summed E-state index contributed by atoms with van der Waals surface area (Å²) >= 11 is 12.3. The van der Waals surface area contributed by atoms with Crippen LogP contribution in [-0.2, 0) is 4.79 Å². The summed E-state index contributed by atoms with van der Waals surface area (Å²) < 4.78 is 5.56. The second-order valence-corrected chi connectivity index (χ2v) is 7.39. The maximum absolute atomic E-state index is 11.5. The van der Waals surface area contributed by atoms with Gasteiger partial charge in [0.2, 0.25) is 0 Å². The summed E-state index contributed by atoms with van der Waals surface area (Å²) in [6.45, 7) is 1.30. The van der Waals surface area contributed by atoms with Crippen LogP contribution < -0.4 is 4.74 Å². The van der Waals surface area contributed by atoms with E-state index in [1.807, 2.05) is 36.4 Å². The van der Waals surface area contributed by atoms with Gasteiger partial charge in [0.25, 0.3) is 0 Å². The molecule has 0 spiro atoms. The number of hydrogen-bond acceptors (Lipinski definition) is 3. The van der Waals surface area contributed by atoms with E-state index in [0.717, 1.165) is 29.8 Å². The van der Waals surface area contributed by atoms with Crippen molar-refractivity contribution < 1.29 is 14.6 Å². The molecule has 1 aliphatic heterocycles. The predicted octanol–water partition coefficient (Wildman–Crippen LogP) is 4.89. The van der Waals surface area contributed by atoms with Gasteiger partial charge >= 0.3 is 5.97 Å². The van der Waals surface area contributed by atoms with E-state index in [4.69, 9.17) is 27.9 Å². The van der Waals surface area contributed by atoms with Gasteiger partial charge < -0.3 is 9.84 Å². The summed E-state index contributed by atoms with van der Waals surface area (Å²) in [6, 6.07) is 13.0. The fraction of sp³-hybridized carbons (Fsp3) is 0.350. The van der Waals surface area contributed by atoms with Gasteiger partial charge in [-0.2, -0.15) is 0 Å². The third kappa shape index (κ3) is 4.14. The fourth-order valence-corrected chi connectivity index (χ4v) is 3.90. The molecule has 4 nitrogen and oxygen atoms in total. The Kier molecular flexibility index (Phi) is 6.07. The number of ether oxygens (including phenoxy) is 1. The molecule has 2 aromatic carbocycles. The number of benzene rings is 2. The Morgan fingerprint density at radius 3 is 2.54 bits per heavy atom. The standard InChI is InChI=1S/C20H21Cl2NO3/c1-26-18-9-8-16(22)11-17(18)19(13-4-6-15(21)7-5-13)23-10-2-3-14(12-23)20(24)25/h4-9,11,14,19H,2-3,10,12H2,1H3,(H,24,25). The molecule has 26 heavy (non-hydrogen) atoms. The van der Waals surface area contributed by atoms with Crippen LogP contribution in [0.15, 0.2) is 42.5 Å². The number of nitrogens with zero attached hydrogens (tertiary/aromatic N) is 1. The van der Waals surface area contributed by atoms with Crippen LogP contribution in [0.1, 0.15) is 30.0 Å². The van der Waals surface area contributed by atoms with Gasteiger partial charge in [0.15, 0.2) is 0 Å². The first-order valence-electron chi connectivity index (χ1n) is 8.55. The molecular weight excluding hydrogens is 373 g/mol. The zero-order valence-electron chi connectivity index (χ0n) is 14.5. The summed E-state index contributed by atoms with van der Waals surface area (Å²) in [6.07, 6.45) is 1.54. The molecule has 1 saturated heterocycles. The number of halogens is 2. The summed E-state index contributed by atoms with van der Waals surface area (Å²) in [5.74, 6) is -0.391. The first-order chi connectivity index (χ1) is 12.5. The van der Waals surface area contributed by atoms with Crippen molar-refractivity contribution in [1.29, 1.82) is 0 Å². The number of rotatable bonds is 5. The molecule has 0 aliphatic carbocycles. The Balaban J connectivity index is 2.06. The van der Waals surface area contributed by atoms with Crippen LogP contribution in [-0.4, -0.2) is 36.2 Å². The fourth-order valence-electron chi connectivity index (χ4n) is 3.59. The first kappa shape index (κ1) is 19.0. The molecule has 1 N–H and O–H groups in total. The van der Waals surface area contributed by atoms with E-state index in [1.165, 1.54) is 0 Å². The van der Waals surface area contributed by atoms with E-state index in [9.17, 15) is 9.90 Å². The lowest BCUT2D eigenvalue weighted by Gasteiger charge is -2.38. The minimum atomic E-state index is -0.748. The molecule has 0 aromatic heterocycles. The highest BCUT2D eigenvalue weighted by Crippen LogP contribution is 2.38. The molecular formula is C20H21Cl2NO3. The van der Waals surface area contributed by atoms with Gasteiger partial charge in [-0.15, -0.1) is 0 Å². The molecule has 0 amide bonds. The smallest absolute Gasteiger partial charge is 0.307 e. The Morgan fingerprint density at radius 1 is 1.19 bits per heavy atom. The maximum Gasteiger partial charge on any atom is 0.307 e. The molecule has 138 valence electrons. The number of carboxylic acid groups (broad SMARTS) is 1. The van der Waals surface area contributed by atoms with Crippen molar-refractivity contribution in [2.24, 2.45) is 5.92 Å². The van der Waals surface area contributed by atoms with Crippen molar-refractivity contribution in [3.05, 3.63) is 63.6 Å². The highest BCUT2D eigenvalue weighted by atomic mass is 35.5. The van der Waals surface area contributed by atoms with Crippen LogP contribution in [0.5, 0.6) is 5.75 Å². The molecule has 0 bridgehead atoms. The highest BCUT2D eigenvalue weighted by molar-refractivity contribution is 6.31. The number of aliphatic carboxylic acids is 1. The zero-order valence-corrected chi connectivity index (χ0v) is 16.0. The van der Waals surface area contributed by atoms with E-state index >= 15 is 0 Å². The van der Waals surface area contributed by atoms with E-state index in [2.05, 4.69) is 4.90 Å². The molecule has 1 aliphatic rings. The number of hydrogen-bond donors (Lipinski definition) is 1. The average molecular weight is 394 g/mol. The highest BCUT2D eigenvalue weighted by Gasteiger charge is 2.32. The van der Waals surface area contributed by atoms with Crippen molar-refractivity contribution in [1.82, 2.24) is 4.90 Å². The molecule has 2 atom stereocenters. The maximum atomic E-state index is 11.5. The van der Waals surface area contributed by atoms with Crippen LogP contribution in [0.2, 0.25) is 10.0 Å².